The second-order valence-electron chi connectivity index (χ2n) is 12.1. The lowest BCUT2D eigenvalue weighted by molar-refractivity contribution is -0.141. The second-order valence-corrected chi connectivity index (χ2v) is 12.1. The van der Waals surface area contributed by atoms with Crippen molar-refractivity contribution < 1.29 is 9.59 Å². The van der Waals surface area contributed by atoms with Crippen molar-refractivity contribution >= 4 is 22.7 Å². The number of aromatic nitrogens is 1. The molecule has 4 aromatic carbocycles. The molecule has 0 bridgehead atoms. The smallest absolute Gasteiger partial charge is 0.252 e. The highest BCUT2D eigenvalue weighted by Gasteiger charge is 2.50. The van der Waals surface area contributed by atoms with Crippen LogP contribution in [0.4, 0.5) is 0 Å². The molecule has 1 aromatic heterocycles. The molecule has 0 saturated carbocycles. The van der Waals surface area contributed by atoms with Crippen LogP contribution in [-0.2, 0) is 10.5 Å². The lowest BCUT2D eigenvalue weighted by atomic mass is 9.79. The number of piperidine rings is 1. The predicted molar refractivity (Wildman–Crippen MR) is 185 cm³/mol. The van der Waals surface area contributed by atoms with E-state index in [-0.39, 0.29) is 17.9 Å². The number of para-hydroxylation sites is 1. The summed E-state index contributed by atoms with van der Waals surface area (Å²) in [6, 6.07) is 38.0. The zero-order valence-electron chi connectivity index (χ0n) is 26.9. The molecule has 46 heavy (non-hydrogen) atoms. The largest absolute Gasteiger partial charge is 0.345 e. The number of carbonyl (C=O) groups excluding carboxylic acids is 2. The van der Waals surface area contributed by atoms with Gasteiger partial charge in [-0.2, -0.15) is 0 Å². The number of carbonyl (C=O) groups is 2. The summed E-state index contributed by atoms with van der Waals surface area (Å²) in [5.74, 6) is -0.278. The number of amides is 2. The molecule has 1 N–H and O–H groups in total. The number of benzene rings is 4. The van der Waals surface area contributed by atoms with Crippen LogP contribution in [0.3, 0.4) is 0 Å². The molecule has 1 aliphatic heterocycles. The molecular formula is C40H42N4O2. The molecule has 6 nitrogen and oxygen atoms in total. The monoisotopic (exact) mass is 610 g/mol. The van der Waals surface area contributed by atoms with Crippen LogP contribution in [0.1, 0.15) is 72.6 Å². The van der Waals surface area contributed by atoms with Crippen LogP contribution in [-0.4, -0.2) is 46.7 Å². The minimum atomic E-state index is -1.11. The van der Waals surface area contributed by atoms with Gasteiger partial charge in [0.2, 0.25) is 5.91 Å². The Kier molecular flexibility index (Phi) is 9.27. The van der Waals surface area contributed by atoms with E-state index in [4.69, 9.17) is 4.98 Å². The molecule has 0 aliphatic carbocycles. The average molecular weight is 611 g/mol. The van der Waals surface area contributed by atoms with Gasteiger partial charge >= 0.3 is 0 Å². The van der Waals surface area contributed by atoms with Crippen molar-refractivity contribution in [3.8, 4) is 11.3 Å². The molecule has 6 rings (SSSR count). The highest BCUT2D eigenvalue weighted by molar-refractivity contribution is 6.10. The maximum Gasteiger partial charge on any atom is 0.252 e. The zero-order chi connectivity index (χ0) is 32.1. The molecule has 1 saturated heterocycles. The molecule has 1 aliphatic rings. The fourth-order valence-electron chi connectivity index (χ4n) is 7.10. The molecule has 0 radical (unpaired) electrons. The summed E-state index contributed by atoms with van der Waals surface area (Å²) >= 11 is 0. The molecule has 2 atom stereocenters. The summed E-state index contributed by atoms with van der Waals surface area (Å²) in [6.07, 6.45) is 3.84. The van der Waals surface area contributed by atoms with Crippen molar-refractivity contribution in [3.05, 3.63) is 138 Å². The van der Waals surface area contributed by atoms with Crippen molar-refractivity contribution in [3.63, 3.8) is 0 Å². The number of hydrogen-bond donors (Lipinski definition) is 1. The zero-order valence-corrected chi connectivity index (χ0v) is 26.9. The summed E-state index contributed by atoms with van der Waals surface area (Å²) in [5.41, 5.74) is 4.44. The fourth-order valence-corrected chi connectivity index (χ4v) is 7.10. The SMILES string of the molecule is CC[C@H](NC(=O)c1c(C(c2ccccc2)(N2CCCCC2)N(C)C(C)=O)c(-c2ccccc2)nc2ccccc12)c1ccccc1. The highest BCUT2D eigenvalue weighted by atomic mass is 16.2. The van der Waals surface area contributed by atoms with Gasteiger partial charge in [-0.15, -0.1) is 0 Å². The first-order valence-electron chi connectivity index (χ1n) is 16.4. The number of likely N-dealkylation sites (tertiary alicyclic amines) is 1. The number of pyridine rings is 1. The van der Waals surface area contributed by atoms with Crippen molar-refractivity contribution in [1.82, 2.24) is 20.1 Å². The van der Waals surface area contributed by atoms with Crippen LogP contribution in [0.5, 0.6) is 0 Å². The van der Waals surface area contributed by atoms with Crippen LogP contribution >= 0.6 is 0 Å². The Hall–Kier alpha value is -4.81. The second kappa shape index (κ2) is 13.7. The van der Waals surface area contributed by atoms with E-state index >= 15 is 4.79 Å². The first-order chi connectivity index (χ1) is 22.5. The lowest BCUT2D eigenvalue weighted by Gasteiger charge is -2.52. The molecule has 234 valence electrons. The third-order valence-electron chi connectivity index (χ3n) is 9.38. The van der Waals surface area contributed by atoms with Crippen LogP contribution in [0.15, 0.2) is 115 Å². The third kappa shape index (κ3) is 5.69. The van der Waals surface area contributed by atoms with Gasteiger partial charge in [-0.05, 0) is 36.5 Å². The third-order valence-corrected chi connectivity index (χ3v) is 9.38. The van der Waals surface area contributed by atoms with Crippen molar-refractivity contribution in [2.75, 3.05) is 20.1 Å². The molecule has 6 heteroatoms. The van der Waals surface area contributed by atoms with Gasteiger partial charge in [-0.3, -0.25) is 14.5 Å². The van der Waals surface area contributed by atoms with E-state index in [2.05, 4.69) is 41.4 Å². The predicted octanol–water partition coefficient (Wildman–Crippen LogP) is 7.95. The molecule has 2 heterocycles. The van der Waals surface area contributed by atoms with Gasteiger partial charge in [-0.1, -0.05) is 123 Å². The van der Waals surface area contributed by atoms with Crippen molar-refractivity contribution in [2.45, 2.75) is 51.2 Å². The van der Waals surface area contributed by atoms with E-state index in [0.717, 1.165) is 71.9 Å². The Morgan fingerprint density at radius 1 is 0.826 bits per heavy atom. The maximum atomic E-state index is 15.1. The standard InChI is InChI=1S/C40H42N4O2/c1-4-34(30-19-9-5-10-20-30)42-39(46)36-33-25-15-16-26-35(33)41-38(31-21-11-6-12-22-31)37(36)40(43(3)29(2)45,32-23-13-7-14-24-32)44-27-17-8-18-28-44/h5-7,9-16,19-26,34H,4,8,17-18,27-28H2,1-3H3,(H,42,46)/t34-,40?/m0/s1. The van der Waals surface area contributed by atoms with Gasteiger partial charge in [0.1, 0.15) is 0 Å². The van der Waals surface area contributed by atoms with Crippen LogP contribution < -0.4 is 5.32 Å². The van der Waals surface area contributed by atoms with Gasteiger partial charge in [0.05, 0.1) is 22.8 Å². The Morgan fingerprint density at radius 2 is 1.41 bits per heavy atom. The van der Waals surface area contributed by atoms with E-state index in [1.165, 1.54) is 0 Å². The van der Waals surface area contributed by atoms with E-state index in [0.29, 0.717) is 11.3 Å². The molecule has 5 aromatic rings. The summed E-state index contributed by atoms with van der Waals surface area (Å²) in [5, 5.41) is 4.17. The molecule has 2 amide bonds. The summed E-state index contributed by atoms with van der Waals surface area (Å²) in [7, 11) is 1.87. The molecular weight excluding hydrogens is 568 g/mol. The van der Waals surface area contributed by atoms with Crippen LogP contribution in [0, 0.1) is 0 Å². The van der Waals surface area contributed by atoms with E-state index in [1.54, 1.807) is 6.92 Å². The van der Waals surface area contributed by atoms with Gasteiger partial charge in [0.25, 0.3) is 5.91 Å². The highest BCUT2D eigenvalue weighted by Crippen LogP contribution is 2.47. The van der Waals surface area contributed by atoms with E-state index in [9.17, 15) is 4.79 Å². The molecule has 1 fully saturated rings. The van der Waals surface area contributed by atoms with Gasteiger partial charge < -0.3 is 10.2 Å². The number of nitrogens with one attached hydrogen (secondary N) is 1. The molecule has 0 spiro atoms. The fraction of sp³-hybridized carbons (Fsp3) is 0.275. The van der Waals surface area contributed by atoms with Crippen LogP contribution in [0.2, 0.25) is 0 Å². The Morgan fingerprint density at radius 3 is 2.04 bits per heavy atom. The minimum absolute atomic E-state index is 0.0938. The van der Waals surface area contributed by atoms with Gasteiger partial charge in [0.15, 0.2) is 5.66 Å². The van der Waals surface area contributed by atoms with Gasteiger partial charge in [0, 0.05) is 43.6 Å². The normalized spacial score (nSPS) is 15.5. The number of nitrogens with zero attached hydrogens (tertiary/aromatic N) is 3. The summed E-state index contributed by atoms with van der Waals surface area (Å²) in [6.45, 7) is 5.25. The lowest BCUT2D eigenvalue weighted by Crippen LogP contribution is -2.61. The Balaban J connectivity index is 1.75. The van der Waals surface area contributed by atoms with Crippen molar-refractivity contribution in [1.29, 1.82) is 0 Å². The average Bonchev–Trinajstić information content (AvgIpc) is 3.12. The summed E-state index contributed by atoms with van der Waals surface area (Å²) in [4.78, 5) is 38.4. The summed E-state index contributed by atoms with van der Waals surface area (Å²) < 4.78 is 0. The number of fused-ring (bicyclic) bond motifs is 1. The topological polar surface area (TPSA) is 65.5 Å². The van der Waals surface area contributed by atoms with Gasteiger partial charge in [-0.25, -0.2) is 4.98 Å². The number of hydrogen-bond acceptors (Lipinski definition) is 4. The van der Waals surface area contributed by atoms with Crippen LogP contribution in [0.25, 0.3) is 22.2 Å². The maximum absolute atomic E-state index is 15.1. The number of rotatable bonds is 9. The van der Waals surface area contributed by atoms with E-state index < -0.39 is 5.66 Å². The Labute approximate surface area is 272 Å². The van der Waals surface area contributed by atoms with Crippen molar-refractivity contribution in [2.24, 2.45) is 0 Å². The van der Waals surface area contributed by atoms with E-state index in [1.807, 2.05) is 103 Å². The molecule has 1 unspecified atom stereocenters. The quantitative estimate of drug-likeness (QED) is 0.184. The first-order valence-corrected chi connectivity index (χ1v) is 16.4. The first kappa shape index (κ1) is 31.2. The minimum Gasteiger partial charge on any atom is -0.345 e. The Bertz CT molecular complexity index is 1800.